The first-order chi connectivity index (χ1) is 8.75. The number of imidazole rings is 2. The average molecular weight is 240 g/mol. The van der Waals surface area contributed by atoms with E-state index in [1.165, 1.54) is 0 Å². The van der Waals surface area contributed by atoms with Crippen LogP contribution in [0.15, 0.2) is 49.1 Å². The summed E-state index contributed by atoms with van der Waals surface area (Å²) in [7, 11) is 0. The molecule has 0 fully saturated rings. The first kappa shape index (κ1) is 12.1. The van der Waals surface area contributed by atoms with Crippen LogP contribution in [0.4, 0.5) is 0 Å². The quantitative estimate of drug-likeness (QED) is 0.686. The number of nitrogens with zero attached hydrogens (tertiary/aromatic N) is 2. The maximum Gasteiger partial charge on any atom is 0.137 e. The number of H-pyrrole nitrogens is 2. The van der Waals surface area contributed by atoms with Crippen LogP contribution in [-0.2, 0) is 0 Å². The van der Waals surface area contributed by atoms with Gasteiger partial charge in [-0.05, 0) is 13.8 Å². The van der Waals surface area contributed by atoms with E-state index in [0.717, 1.165) is 22.8 Å². The topological polar surface area (TPSA) is 57.4 Å². The van der Waals surface area contributed by atoms with Crippen LogP contribution in [0.25, 0.3) is 11.4 Å². The zero-order valence-corrected chi connectivity index (χ0v) is 10.5. The van der Waals surface area contributed by atoms with E-state index in [2.05, 4.69) is 19.9 Å². The molecule has 0 saturated carbocycles. The maximum absolute atomic E-state index is 4.23. The number of rotatable bonds is 1. The Balaban J connectivity index is 0.000000169. The standard InChI is InChI=1S/C10H10N2.C4H6N2/c1-8-7-11-10(12-8)9-5-3-2-4-6-9;1-4-2-5-3-6-4/h2-7H,1H3,(H,11,12);2-3H,1H3,(H,5,6). The average Bonchev–Trinajstić information content (AvgIpc) is 3.03. The van der Waals surface area contributed by atoms with Crippen molar-refractivity contribution in [1.82, 2.24) is 19.9 Å². The van der Waals surface area contributed by atoms with Gasteiger partial charge in [-0.25, -0.2) is 9.97 Å². The largest absolute Gasteiger partial charge is 0.349 e. The molecule has 0 aliphatic heterocycles. The monoisotopic (exact) mass is 240 g/mol. The fourth-order valence-corrected chi connectivity index (χ4v) is 1.48. The molecule has 4 heteroatoms. The first-order valence-corrected chi connectivity index (χ1v) is 5.77. The highest BCUT2D eigenvalue weighted by Gasteiger charge is 1.98. The summed E-state index contributed by atoms with van der Waals surface area (Å²) in [5.74, 6) is 0.938. The van der Waals surface area contributed by atoms with Gasteiger partial charge in [0.2, 0.25) is 0 Å². The summed E-state index contributed by atoms with van der Waals surface area (Å²) in [5.41, 5.74) is 3.33. The number of hydrogen-bond donors (Lipinski definition) is 2. The van der Waals surface area contributed by atoms with Crippen molar-refractivity contribution in [2.24, 2.45) is 0 Å². The molecule has 0 atom stereocenters. The lowest BCUT2D eigenvalue weighted by molar-refractivity contribution is 1.25. The lowest BCUT2D eigenvalue weighted by atomic mass is 10.2. The van der Waals surface area contributed by atoms with Crippen molar-refractivity contribution in [1.29, 1.82) is 0 Å². The fourth-order valence-electron chi connectivity index (χ4n) is 1.48. The van der Waals surface area contributed by atoms with E-state index >= 15 is 0 Å². The molecular weight excluding hydrogens is 224 g/mol. The summed E-state index contributed by atoms with van der Waals surface area (Å²) in [6.07, 6.45) is 5.28. The Kier molecular flexibility index (Phi) is 3.91. The van der Waals surface area contributed by atoms with Crippen LogP contribution in [0.3, 0.4) is 0 Å². The first-order valence-electron chi connectivity index (χ1n) is 5.77. The smallest absolute Gasteiger partial charge is 0.137 e. The SMILES string of the molecule is Cc1cnc(-c2ccccc2)[nH]1.Cc1cnc[nH]1. The van der Waals surface area contributed by atoms with Gasteiger partial charge >= 0.3 is 0 Å². The molecule has 3 rings (SSSR count). The van der Waals surface area contributed by atoms with Crippen molar-refractivity contribution in [2.45, 2.75) is 13.8 Å². The van der Waals surface area contributed by atoms with Crippen molar-refractivity contribution in [2.75, 3.05) is 0 Å². The van der Waals surface area contributed by atoms with Crippen LogP contribution in [0.1, 0.15) is 11.4 Å². The van der Waals surface area contributed by atoms with E-state index in [1.54, 1.807) is 12.5 Å². The molecule has 0 unspecified atom stereocenters. The Labute approximate surface area is 106 Å². The minimum Gasteiger partial charge on any atom is -0.349 e. The number of nitrogens with one attached hydrogen (secondary N) is 2. The molecule has 0 radical (unpaired) electrons. The van der Waals surface area contributed by atoms with E-state index < -0.39 is 0 Å². The van der Waals surface area contributed by atoms with Crippen molar-refractivity contribution in [3.63, 3.8) is 0 Å². The van der Waals surface area contributed by atoms with E-state index in [0.29, 0.717) is 0 Å². The zero-order chi connectivity index (χ0) is 12.8. The van der Waals surface area contributed by atoms with Crippen LogP contribution >= 0.6 is 0 Å². The highest BCUT2D eigenvalue weighted by Crippen LogP contribution is 2.13. The molecule has 2 heterocycles. The lowest BCUT2D eigenvalue weighted by Gasteiger charge is -1.93. The number of aromatic amines is 2. The second-order valence-electron chi connectivity index (χ2n) is 4.02. The van der Waals surface area contributed by atoms with Gasteiger partial charge in [-0.2, -0.15) is 0 Å². The van der Waals surface area contributed by atoms with Gasteiger partial charge in [0.1, 0.15) is 5.82 Å². The minimum atomic E-state index is 0.938. The molecule has 0 aliphatic carbocycles. The summed E-state index contributed by atoms with van der Waals surface area (Å²) in [4.78, 5) is 14.1. The Morgan fingerprint density at radius 2 is 1.72 bits per heavy atom. The van der Waals surface area contributed by atoms with Crippen molar-refractivity contribution in [3.8, 4) is 11.4 Å². The molecule has 2 N–H and O–H groups in total. The van der Waals surface area contributed by atoms with Gasteiger partial charge in [0.25, 0.3) is 0 Å². The van der Waals surface area contributed by atoms with Gasteiger partial charge in [0.15, 0.2) is 0 Å². The highest BCUT2D eigenvalue weighted by atomic mass is 14.9. The Hall–Kier alpha value is -2.36. The molecule has 0 amide bonds. The predicted octanol–water partition coefficient (Wildman–Crippen LogP) is 3.10. The molecule has 0 spiro atoms. The third kappa shape index (κ3) is 3.31. The Morgan fingerprint density at radius 1 is 0.944 bits per heavy atom. The summed E-state index contributed by atoms with van der Waals surface area (Å²) < 4.78 is 0. The summed E-state index contributed by atoms with van der Waals surface area (Å²) >= 11 is 0. The predicted molar refractivity (Wildman–Crippen MR) is 72.1 cm³/mol. The number of aromatic nitrogens is 4. The van der Waals surface area contributed by atoms with Gasteiger partial charge in [-0.3, -0.25) is 0 Å². The molecule has 92 valence electrons. The zero-order valence-electron chi connectivity index (χ0n) is 10.5. The lowest BCUT2D eigenvalue weighted by Crippen LogP contribution is -1.78. The third-order valence-electron chi connectivity index (χ3n) is 2.39. The molecule has 4 nitrogen and oxygen atoms in total. The summed E-state index contributed by atoms with van der Waals surface area (Å²) in [5, 5.41) is 0. The second-order valence-corrected chi connectivity index (χ2v) is 4.02. The normalized spacial score (nSPS) is 9.67. The summed E-state index contributed by atoms with van der Waals surface area (Å²) in [6, 6.07) is 10.1. The van der Waals surface area contributed by atoms with Crippen LogP contribution < -0.4 is 0 Å². The molecule has 0 saturated heterocycles. The van der Waals surface area contributed by atoms with Crippen LogP contribution in [0, 0.1) is 13.8 Å². The van der Waals surface area contributed by atoms with E-state index in [9.17, 15) is 0 Å². The van der Waals surface area contributed by atoms with Crippen molar-refractivity contribution < 1.29 is 0 Å². The fraction of sp³-hybridized carbons (Fsp3) is 0.143. The highest BCUT2D eigenvalue weighted by molar-refractivity contribution is 5.54. The second kappa shape index (κ2) is 5.82. The molecular formula is C14H16N4. The van der Waals surface area contributed by atoms with Crippen molar-refractivity contribution in [3.05, 3.63) is 60.4 Å². The minimum absolute atomic E-state index is 0.938. The molecule has 0 bridgehead atoms. The van der Waals surface area contributed by atoms with E-state index in [-0.39, 0.29) is 0 Å². The Bertz CT molecular complexity index is 567. The van der Waals surface area contributed by atoms with Crippen LogP contribution in [0.2, 0.25) is 0 Å². The molecule has 1 aromatic carbocycles. The van der Waals surface area contributed by atoms with Crippen LogP contribution in [-0.4, -0.2) is 19.9 Å². The van der Waals surface area contributed by atoms with Gasteiger partial charge in [-0.1, -0.05) is 30.3 Å². The number of benzene rings is 1. The third-order valence-corrected chi connectivity index (χ3v) is 2.39. The van der Waals surface area contributed by atoms with E-state index in [4.69, 9.17) is 0 Å². The number of aryl methyl sites for hydroxylation is 2. The van der Waals surface area contributed by atoms with Gasteiger partial charge < -0.3 is 9.97 Å². The van der Waals surface area contributed by atoms with Gasteiger partial charge in [0, 0.05) is 29.3 Å². The van der Waals surface area contributed by atoms with Crippen LogP contribution in [0.5, 0.6) is 0 Å². The molecule has 0 aliphatic rings. The molecule has 2 aromatic heterocycles. The van der Waals surface area contributed by atoms with Gasteiger partial charge in [-0.15, -0.1) is 0 Å². The molecule has 3 aromatic rings. The Morgan fingerprint density at radius 3 is 2.17 bits per heavy atom. The molecule has 18 heavy (non-hydrogen) atoms. The number of hydrogen-bond acceptors (Lipinski definition) is 2. The summed E-state index contributed by atoms with van der Waals surface area (Å²) in [6.45, 7) is 3.96. The van der Waals surface area contributed by atoms with E-state index in [1.807, 2.05) is 50.4 Å². The maximum atomic E-state index is 4.23. The van der Waals surface area contributed by atoms with Gasteiger partial charge in [0.05, 0.1) is 6.33 Å². The van der Waals surface area contributed by atoms with Crippen molar-refractivity contribution >= 4 is 0 Å².